The largest absolute Gasteiger partial charge is 0.309 e. The van der Waals surface area contributed by atoms with Gasteiger partial charge in [-0.05, 0) is 45.4 Å². The quantitative estimate of drug-likeness (QED) is 0.402. The number of hydrogen-bond donors (Lipinski definition) is 1. The van der Waals surface area contributed by atoms with E-state index in [-0.39, 0.29) is 16.4 Å². The molecule has 1 atom stereocenters. The lowest BCUT2D eigenvalue weighted by atomic mass is 10.2. The monoisotopic (exact) mass is 412 g/mol. The number of fused-ring (bicyclic) bond motifs is 2. The summed E-state index contributed by atoms with van der Waals surface area (Å²) >= 11 is 2.98. The predicted octanol–water partition coefficient (Wildman–Crippen LogP) is 4.18. The standard InChI is InChI=1S/C20H20N4O2S2/c1-5-24-19(26)15-10(2)11(3)27-18(15)23-20(24)28-12(4)16-21-14-9-7-6-8-13(14)17(25)22-16/h6-9,12H,5H2,1-4H3,(H,21,22,25)/t12-/m1/s1. The van der Waals surface area contributed by atoms with Gasteiger partial charge in [0.15, 0.2) is 5.16 Å². The smallest absolute Gasteiger partial charge is 0.263 e. The Morgan fingerprint density at radius 2 is 1.96 bits per heavy atom. The van der Waals surface area contributed by atoms with Crippen LogP contribution in [0.2, 0.25) is 0 Å². The second-order valence-electron chi connectivity index (χ2n) is 6.64. The molecule has 0 bridgehead atoms. The highest BCUT2D eigenvalue weighted by Crippen LogP contribution is 2.34. The molecule has 28 heavy (non-hydrogen) atoms. The first-order valence-electron chi connectivity index (χ1n) is 9.06. The number of aryl methyl sites for hydroxylation is 2. The number of nitrogens with one attached hydrogen (secondary N) is 1. The lowest BCUT2D eigenvalue weighted by Gasteiger charge is -2.14. The minimum Gasteiger partial charge on any atom is -0.309 e. The number of rotatable bonds is 4. The molecule has 0 saturated carbocycles. The van der Waals surface area contributed by atoms with Gasteiger partial charge >= 0.3 is 0 Å². The molecule has 1 N–H and O–H groups in total. The predicted molar refractivity (Wildman–Crippen MR) is 116 cm³/mol. The molecule has 4 aromatic rings. The van der Waals surface area contributed by atoms with Gasteiger partial charge < -0.3 is 4.98 Å². The zero-order valence-electron chi connectivity index (χ0n) is 16.1. The van der Waals surface area contributed by atoms with Crippen molar-refractivity contribution in [1.29, 1.82) is 0 Å². The van der Waals surface area contributed by atoms with Crippen molar-refractivity contribution < 1.29 is 0 Å². The van der Waals surface area contributed by atoms with Crippen LogP contribution < -0.4 is 11.1 Å². The van der Waals surface area contributed by atoms with Crippen molar-refractivity contribution >= 4 is 44.2 Å². The van der Waals surface area contributed by atoms with Crippen LogP contribution in [0, 0.1) is 13.8 Å². The van der Waals surface area contributed by atoms with Crippen LogP contribution in [0.4, 0.5) is 0 Å². The third kappa shape index (κ3) is 3.06. The molecule has 1 aromatic carbocycles. The van der Waals surface area contributed by atoms with E-state index in [1.165, 1.54) is 11.8 Å². The van der Waals surface area contributed by atoms with Crippen molar-refractivity contribution in [3.05, 3.63) is 61.2 Å². The fraction of sp³-hybridized carbons (Fsp3) is 0.300. The Hall–Kier alpha value is -2.45. The van der Waals surface area contributed by atoms with Crippen LogP contribution >= 0.6 is 23.1 Å². The molecule has 3 aromatic heterocycles. The summed E-state index contributed by atoms with van der Waals surface area (Å²) in [6.45, 7) is 8.41. The van der Waals surface area contributed by atoms with Crippen molar-refractivity contribution in [2.45, 2.75) is 44.6 Å². The molecule has 0 aliphatic rings. The molecule has 0 saturated heterocycles. The first-order chi connectivity index (χ1) is 13.4. The SMILES string of the molecule is CCn1c(S[C@H](C)c2nc3ccccc3c(=O)[nH]2)nc2sc(C)c(C)c2c1=O. The summed E-state index contributed by atoms with van der Waals surface area (Å²) < 4.78 is 1.70. The zero-order chi connectivity index (χ0) is 20.0. The Bertz CT molecular complexity index is 1320. The first-order valence-corrected chi connectivity index (χ1v) is 10.8. The summed E-state index contributed by atoms with van der Waals surface area (Å²) in [6.07, 6.45) is 0. The Morgan fingerprint density at radius 1 is 1.21 bits per heavy atom. The van der Waals surface area contributed by atoms with Gasteiger partial charge in [0, 0.05) is 11.4 Å². The third-order valence-corrected chi connectivity index (χ3v) is 7.07. The van der Waals surface area contributed by atoms with E-state index in [2.05, 4.69) is 9.97 Å². The molecule has 0 fully saturated rings. The summed E-state index contributed by atoms with van der Waals surface area (Å²) in [4.78, 5) is 39.5. The fourth-order valence-electron chi connectivity index (χ4n) is 3.19. The van der Waals surface area contributed by atoms with Gasteiger partial charge in [-0.1, -0.05) is 23.9 Å². The van der Waals surface area contributed by atoms with E-state index in [1.807, 2.05) is 45.9 Å². The average Bonchev–Trinajstić information content (AvgIpc) is 2.96. The van der Waals surface area contributed by atoms with Crippen molar-refractivity contribution in [1.82, 2.24) is 19.5 Å². The molecule has 0 aliphatic heterocycles. The van der Waals surface area contributed by atoms with Crippen LogP contribution in [0.5, 0.6) is 0 Å². The van der Waals surface area contributed by atoms with E-state index in [1.54, 1.807) is 22.0 Å². The summed E-state index contributed by atoms with van der Waals surface area (Å²) in [5.74, 6) is 0.573. The van der Waals surface area contributed by atoms with Gasteiger partial charge in [0.1, 0.15) is 10.7 Å². The number of H-pyrrole nitrogens is 1. The Kier molecular flexibility index (Phi) is 4.84. The molecule has 0 aliphatic carbocycles. The number of aromatic nitrogens is 4. The Balaban J connectivity index is 1.79. The van der Waals surface area contributed by atoms with Gasteiger partial charge in [-0.25, -0.2) is 9.97 Å². The molecule has 0 unspecified atom stereocenters. The number of aromatic amines is 1. The molecule has 0 radical (unpaired) electrons. The highest BCUT2D eigenvalue weighted by atomic mass is 32.2. The van der Waals surface area contributed by atoms with Gasteiger partial charge in [-0.2, -0.15) is 0 Å². The molecule has 4 rings (SSSR count). The van der Waals surface area contributed by atoms with Crippen molar-refractivity contribution in [2.75, 3.05) is 0 Å². The van der Waals surface area contributed by atoms with Crippen LogP contribution in [0.1, 0.15) is 35.4 Å². The lowest BCUT2D eigenvalue weighted by Crippen LogP contribution is -2.22. The highest BCUT2D eigenvalue weighted by molar-refractivity contribution is 7.99. The number of thiophene rings is 1. The molecule has 8 heteroatoms. The van der Waals surface area contributed by atoms with E-state index < -0.39 is 0 Å². The second-order valence-corrected chi connectivity index (χ2v) is 9.15. The Labute approximate surface area is 169 Å². The van der Waals surface area contributed by atoms with Crippen LogP contribution in [0.25, 0.3) is 21.1 Å². The van der Waals surface area contributed by atoms with Gasteiger partial charge in [0.05, 0.1) is 21.5 Å². The molecule has 3 heterocycles. The lowest BCUT2D eigenvalue weighted by molar-refractivity contribution is 0.633. The number of hydrogen-bond acceptors (Lipinski definition) is 6. The number of thioether (sulfide) groups is 1. The van der Waals surface area contributed by atoms with E-state index >= 15 is 0 Å². The molecular formula is C20H20N4O2S2. The van der Waals surface area contributed by atoms with Gasteiger partial charge in [0.2, 0.25) is 0 Å². The summed E-state index contributed by atoms with van der Waals surface area (Å²) in [7, 11) is 0. The highest BCUT2D eigenvalue weighted by Gasteiger charge is 2.19. The normalized spacial score (nSPS) is 12.7. The first kappa shape index (κ1) is 18.9. The van der Waals surface area contributed by atoms with E-state index in [0.29, 0.717) is 33.8 Å². The van der Waals surface area contributed by atoms with Crippen molar-refractivity contribution in [2.24, 2.45) is 0 Å². The maximum Gasteiger partial charge on any atom is 0.263 e. The summed E-state index contributed by atoms with van der Waals surface area (Å²) in [6, 6.07) is 7.27. The third-order valence-electron chi connectivity index (χ3n) is 4.87. The molecule has 6 nitrogen and oxygen atoms in total. The minimum absolute atomic E-state index is 0.0102. The van der Waals surface area contributed by atoms with E-state index in [4.69, 9.17) is 4.98 Å². The van der Waals surface area contributed by atoms with Gasteiger partial charge in [-0.3, -0.25) is 14.2 Å². The summed E-state index contributed by atoms with van der Waals surface area (Å²) in [5.41, 5.74) is 1.50. The molecule has 0 spiro atoms. The molecular weight excluding hydrogens is 392 g/mol. The van der Waals surface area contributed by atoms with Crippen molar-refractivity contribution in [3.63, 3.8) is 0 Å². The maximum atomic E-state index is 13.0. The van der Waals surface area contributed by atoms with Crippen LogP contribution in [-0.4, -0.2) is 19.5 Å². The van der Waals surface area contributed by atoms with Crippen LogP contribution in [0.15, 0.2) is 39.0 Å². The number of nitrogens with zero attached hydrogens (tertiary/aromatic N) is 3. The average molecular weight is 413 g/mol. The van der Waals surface area contributed by atoms with E-state index in [0.717, 1.165) is 15.3 Å². The fourth-order valence-corrected chi connectivity index (χ4v) is 5.29. The zero-order valence-corrected chi connectivity index (χ0v) is 17.7. The Morgan fingerprint density at radius 3 is 2.71 bits per heavy atom. The molecule has 144 valence electrons. The minimum atomic E-state index is -0.165. The van der Waals surface area contributed by atoms with E-state index in [9.17, 15) is 9.59 Å². The topological polar surface area (TPSA) is 80.6 Å². The van der Waals surface area contributed by atoms with Crippen LogP contribution in [0.3, 0.4) is 0 Å². The summed E-state index contributed by atoms with van der Waals surface area (Å²) in [5, 5.41) is 1.75. The van der Waals surface area contributed by atoms with Gasteiger partial charge in [0.25, 0.3) is 11.1 Å². The number of benzene rings is 1. The molecule has 0 amide bonds. The maximum absolute atomic E-state index is 13.0. The number of para-hydroxylation sites is 1. The second kappa shape index (κ2) is 7.18. The van der Waals surface area contributed by atoms with Crippen LogP contribution in [-0.2, 0) is 6.54 Å². The van der Waals surface area contributed by atoms with Gasteiger partial charge in [-0.15, -0.1) is 11.3 Å². The van der Waals surface area contributed by atoms with Crippen molar-refractivity contribution in [3.8, 4) is 0 Å².